The molecule has 2 N–H and O–H groups in total. The summed E-state index contributed by atoms with van der Waals surface area (Å²) in [5, 5.41) is 19.0. The van der Waals surface area contributed by atoms with E-state index in [0.29, 0.717) is 18.7 Å². The molecule has 0 bridgehead atoms. The molecule has 0 aliphatic carbocycles. The van der Waals surface area contributed by atoms with E-state index >= 15 is 0 Å². The minimum atomic E-state index is -0.894. The van der Waals surface area contributed by atoms with Crippen LogP contribution in [0.25, 0.3) is 0 Å². The summed E-state index contributed by atoms with van der Waals surface area (Å²) in [5.74, 6) is -1.39. The summed E-state index contributed by atoms with van der Waals surface area (Å²) < 4.78 is 5.05. The van der Waals surface area contributed by atoms with E-state index in [-0.39, 0.29) is 29.7 Å². The van der Waals surface area contributed by atoms with Crippen molar-refractivity contribution in [2.24, 2.45) is 11.8 Å². The number of carboxylic acid groups (broad SMARTS) is 1. The first kappa shape index (κ1) is 15.2. The van der Waals surface area contributed by atoms with Crippen LogP contribution in [0.5, 0.6) is 11.5 Å². The monoisotopic (exact) mass is 293 g/mol. The molecule has 1 aromatic rings. The molecule has 0 radical (unpaired) electrons. The van der Waals surface area contributed by atoms with E-state index in [0.717, 1.165) is 0 Å². The van der Waals surface area contributed by atoms with Crippen LogP contribution in [-0.2, 0) is 4.79 Å². The van der Waals surface area contributed by atoms with Crippen molar-refractivity contribution >= 4 is 11.9 Å². The quantitative estimate of drug-likeness (QED) is 0.883. The summed E-state index contributed by atoms with van der Waals surface area (Å²) in [5.41, 5.74) is 0.132. The number of aliphatic carboxylic acids is 1. The molecule has 2 atom stereocenters. The number of phenols is 1. The van der Waals surface area contributed by atoms with Crippen molar-refractivity contribution < 1.29 is 24.5 Å². The molecule has 0 spiro atoms. The fraction of sp³-hybridized carbons (Fsp3) is 0.467. The molecule has 1 aromatic carbocycles. The van der Waals surface area contributed by atoms with Crippen LogP contribution in [-0.4, -0.2) is 47.2 Å². The van der Waals surface area contributed by atoms with Gasteiger partial charge in [-0.25, -0.2) is 0 Å². The average molecular weight is 293 g/mol. The van der Waals surface area contributed by atoms with E-state index in [1.165, 1.54) is 24.1 Å². The Balaban J connectivity index is 2.24. The number of amides is 1. The van der Waals surface area contributed by atoms with Crippen LogP contribution in [0.2, 0.25) is 0 Å². The number of benzene rings is 1. The molecule has 6 nitrogen and oxygen atoms in total. The lowest BCUT2D eigenvalue weighted by Crippen LogP contribution is -2.45. The molecule has 0 aromatic heterocycles. The van der Waals surface area contributed by atoms with E-state index < -0.39 is 11.9 Å². The molecule has 0 saturated carbocycles. The van der Waals surface area contributed by atoms with Gasteiger partial charge in [0, 0.05) is 13.1 Å². The van der Waals surface area contributed by atoms with Gasteiger partial charge in [-0.15, -0.1) is 0 Å². The van der Waals surface area contributed by atoms with E-state index in [4.69, 9.17) is 9.84 Å². The Labute approximate surface area is 122 Å². The number of carbonyl (C=O) groups is 2. The fourth-order valence-corrected chi connectivity index (χ4v) is 2.68. The van der Waals surface area contributed by atoms with Crippen LogP contribution >= 0.6 is 0 Å². The van der Waals surface area contributed by atoms with Crippen LogP contribution in [0, 0.1) is 11.8 Å². The van der Waals surface area contributed by atoms with E-state index in [2.05, 4.69) is 0 Å². The predicted molar refractivity (Wildman–Crippen MR) is 75.5 cm³/mol. The molecule has 114 valence electrons. The Kier molecular flexibility index (Phi) is 4.35. The summed E-state index contributed by atoms with van der Waals surface area (Å²) in [7, 11) is 1.48. The van der Waals surface area contributed by atoms with Crippen molar-refractivity contribution in [3.8, 4) is 11.5 Å². The van der Waals surface area contributed by atoms with Gasteiger partial charge in [-0.1, -0.05) is 6.92 Å². The highest BCUT2D eigenvalue weighted by Gasteiger charge is 2.33. The lowest BCUT2D eigenvalue weighted by Gasteiger charge is -2.34. The number of carbonyl (C=O) groups excluding carboxylic acids is 1. The number of nitrogens with zero attached hydrogens (tertiary/aromatic N) is 1. The lowest BCUT2D eigenvalue weighted by atomic mass is 9.90. The molecule has 21 heavy (non-hydrogen) atoms. The first-order valence-electron chi connectivity index (χ1n) is 6.81. The van der Waals surface area contributed by atoms with Crippen molar-refractivity contribution in [2.45, 2.75) is 13.3 Å². The topological polar surface area (TPSA) is 87.1 Å². The summed E-state index contributed by atoms with van der Waals surface area (Å²) >= 11 is 0. The molecule has 1 amide bonds. The molecular weight excluding hydrogens is 274 g/mol. The number of piperidine rings is 1. The Hall–Kier alpha value is -2.24. The third-order valence-corrected chi connectivity index (χ3v) is 3.73. The number of methoxy groups -OCH3 is 1. The summed E-state index contributed by atoms with van der Waals surface area (Å²) in [6.07, 6.45) is 0.559. The molecule has 1 aliphatic rings. The molecule has 1 aliphatic heterocycles. The van der Waals surface area contributed by atoms with Gasteiger partial charge in [0.15, 0.2) is 0 Å². The molecular formula is C15H19NO5. The Morgan fingerprint density at radius 3 is 2.67 bits per heavy atom. The molecule has 1 saturated heterocycles. The number of hydrogen-bond acceptors (Lipinski definition) is 4. The maximum atomic E-state index is 12.5. The van der Waals surface area contributed by atoms with Crippen LogP contribution in [0.1, 0.15) is 23.7 Å². The number of rotatable bonds is 3. The van der Waals surface area contributed by atoms with Gasteiger partial charge >= 0.3 is 5.97 Å². The van der Waals surface area contributed by atoms with Gasteiger partial charge in [0.2, 0.25) is 0 Å². The Morgan fingerprint density at radius 2 is 2.05 bits per heavy atom. The number of ether oxygens (including phenoxy) is 1. The number of phenolic OH excluding ortho intramolecular Hbond substituents is 1. The van der Waals surface area contributed by atoms with Crippen LogP contribution in [0.3, 0.4) is 0 Å². The third-order valence-electron chi connectivity index (χ3n) is 3.73. The van der Waals surface area contributed by atoms with E-state index in [1.807, 2.05) is 6.92 Å². The van der Waals surface area contributed by atoms with Gasteiger partial charge in [-0.3, -0.25) is 9.59 Å². The molecule has 6 heteroatoms. The van der Waals surface area contributed by atoms with Crippen LogP contribution < -0.4 is 4.74 Å². The summed E-state index contributed by atoms with van der Waals surface area (Å²) in [6.45, 7) is 2.56. The van der Waals surface area contributed by atoms with Gasteiger partial charge in [0.25, 0.3) is 5.91 Å². The Bertz CT molecular complexity index is 557. The van der Waals surface area contributed by atoms with E-state index in [1.54, 1.807) is 6.07 Å². The minimum absolute atomic E-state index is 0.108. The second kappa shape index (κ2) is 6.03. The normalized spacial score (nSPS) is 21.9. The molecule has 2 rings (SSSR count). The maximum Gasteiger partial charge on any atom is 0.308 e. The first-order valence-corrected chi connectivity index (χ1v) is 6.81. The van der Waals surface area contributed by atoms with Crippen molar-refractivity contribution in [2.75, 3.05) is 20.2 Å². The zero-order chi connectivity index (χ0) is 15.6. The lowest BCUT2D eigenvalue weighted by molar-refractivity contribution is -0.143. The second-order valence-electron chi connectivity index (χ2n) is 5.47. The average Bonchev–Trinajstić information content (AvgIpc) is 2.46. The summed E-state index contributed by atoms with van der Waals surface area (Å²) in [4.78, 5) is 25.2. The smallest absolute Gasteiger partial charge is 0.308 e. The van der Waals surface area contributed by atoms with Crippen molar-refractivity contribution in [1.82, 2.24) is 4.90 Å². The first-order chi connectivity index (χ1) is 9.92. The van der Waals surface area contributed by atoms with Crippen LogP contribution in [0.4, 0.5) is 0 Å². The molecule has 2 unspecified atom stereocenters. The summed E-state index contributed by atoms with van der Waals surface area (Å²) in [6, 6.07) is 4.42. The molecule has 1 heterocycles. The SMILES string of the molecule is COc1ccc(O)c(C(=O)N2CC(C)CC(C(=O)O)C2)c1. The minimum Gasteiger partial charge on any atom is -0.507 e. The number of aromatic hydroxyl groups is 1. The number of hydrogen-bond donors (Lipinski definition) is 2. The highest BCUT2D eigenvalue weighted by Crippen LogP contribution is 2.28. The van der Waals surface area contributed by atoms with Crippen molar-refractivity contribution in [3.63, 3.8) is 0 Å². The maximum absolute atomic E-state index is 12.5. The highest BCUT2D eigenvalue weighted by atomic mass is 16.5. The second-order valence-corrected chi connectivity index (χ2v) is 5.47. The molecule has 1 fully saturated rings. The van der Waals surface area contributed by atoms with Gasteiger partial charge in [0.1, 0.15) is 11.5 Å². The standard InChI is InChI=1S/C15H19NO5/c1-9-5-10(15(19)20)8-16(7-9)14(18)12-6-11(21-2)3-4-13(12)17/h3-4,6,9-10,17H,5,7-8H2,1-2H3,(H,19,20). The zero-order valence-electron chi connectivity index (χ0n) is 12.1. The third kappa shape index (κ3) is 3.26. The number of carboxylic acids is 1. The predicted octanol–water partition coefficient (Wildman–Crippen LogP) is 1.58. The zero-order valence-corrected chi connectivity index (χ0v) is 12.1. The van der Waals surface area contributed by atoms with Crippen molar-refractivity contribution in [1.29, 1.82) is 0 Å². The highest BCUT2D eigenvalue weighted by molar-refractivity contribution is 5.97. The van der Waals surface area contributed by atoms with Crippen molar-refractivity contribution in [3.05, 3.63) is 23.8 Å². The van der Waals surface area contributed by atoms with Gasteiger partial charge in [-0.05, 0) is 30.5 Å². The van der Waals surface area contributed by atoms with Crippen LogP contribution in [0.15, 0.2) is 18.2 Å². The van der Waals surface area contributed by atoms with Gasteiger partial charge < -0.3 is 19.8 Å². The largest absolute Gasteiger partial charge is 0.507 e. The van der Waals surface area contributed by atoms with E-state index in [9.17, 15) is 14.7 Å². The van der Waals surface area contributed by atoms with Gasteiger partial charge in [0.05, 0.1) is 18.6 Å². The number of likely N-dealkylation sites (tertiary alicyclic amines) is 1. The fourth-order valence-electron chi connectivity index (χ4n) is 2.68. The Morgan fingerprint density at radius 1 is 1.33 bits per heavy atom. The van der Waals surface area contributed by atoms with Gasteiger partial charge in [-0.2, -0.15) is 0 Å².